The van der Waals surface area contributed by atoms with Crippen LogP contribution in [0, 0.1) is 10.1 Å². The Labute approximate surface area is 154 Å². The van der Waals surface area contributed by atoms with E-state index in [0.717, 1.165) is 17.0 Å². The highest BCUT2D eigenvalue weighted by molar-refractivity contribution is 6.10. The highest BCUT2D eigenvalue weighted by Crippen LogP contribution is 2.37. The van der Waals surface area contributed by atoms with E-state index in [0.29, 0.717) is 0 Å². The number of nitro benzene ring substituents is 1. The van der Waals surface area contributed by atoms with Crippen molar-refractivity contribution in [2.75, 3.05) is 13.2 Å². The summed E-state index contributed by atoms with van der Waals surface area (Å²) in [6, 6.07) is 4.61. The van der Waals surface area contributed by atoms with Crippen molar-refractivity contribution in [2.24, 2.45) is 0 Å². The van der Waals surface area contributed by atoms with Gasteiger partial charge < -0.3 is 14.6 Å². The molecule has 10 heteroatoms. The standard InChI is InChI=1S/C17H20N2O8/c1-3-26-15(22)17(16(23)27-4-2)10-9-13(20)18(17)14(21)11-5-7-12(8-6-11)19(24)25/h5-8,13,20H,3-4,9-10H2,1-2H3. The van der Waals surface area contributed by atoms with Crippen molar-refractivity contribution in [3.8, 4) is 0 Å². The maximum Gasteiger partial charge on any atom is 0.344 e. The molecular formula is C17H20N2O8. The topological polar surface area (TPSA) is 136 Å². The van der Waals surface area contributed by atoms with Gasteiger partial charge in [0, 0.05) is 17.7 Å². The number of ether oxygens (including phenoxy) is 2. The second-order valence-corrected chi connectivity index (χ2v) is 5.80. The molecule has 1 aromatic rings. The molecule has 1 unspecified atom stereocenters. The fourth-order valence-corrected chi connectivity index (χ4v) is 3.00. The molecule has 1 fully saturated rings. The fourth-order valence-electron chi connectivity index (χ4n) is 3.00. The fraction of sp³-hybridized carbons (Fsp3) is 0.471. The van der Waals surface area contributed by atoms with Gasteiger partial charge in [-0.3, -0.25) is 19.8 Å². The lowest BCUT2D eigenvalue weighted by Crippen LogP contribution is -2.61. The van der Waals surface area contributed by atoms with Gasteiger partial charge in [0.15, 0.2) is 0 Å². The van der Waals surface area contributed by atoms with Crippen molar-refractivity contribution in [3.05, 3.63) is 39.9 Å². The van der Waals surface area contributed by atoms with Crippen molar-refractivity contribution in [2.45, 2.75) is 38.5 Å². The summed E-state index contributed by atoms with van der Waals surface area (Å²) >= 11 is 0. The summed E-state index contributed by atoms with van der Waals surface area (Å²) in [5.41, 5.74) is -2.36. The molecule has 0 aliphatic carbocycles. The Hall–Kier alpha value is -3.01. The molecule has 146 valence electrons. The van der Waals surface area contributed by atoms with Gasteiger partial charge in [0.05, 0.1) is 18.1 Å². The molecule has 0 spiro atoms. The van der Waals surface area contributed by atoms with E-state index < -0.39 is 34.5 Å². The number of nitrogens with zero attached hydrogens (tertiary/aromatic N) is 2. The van der Waals surface area contributed by atoms with Crippen LogP contribution >= 0.6 is 0 Å². The smallest absolute Gasteiger partial charge is 0.344 e. The minimum Gasteiger partial charge on any atom is -0.464 e. The van der Waals surface area contributed by atoms with Gasteiger partial charge in [0.2, 0.25) is 5.54 Å². The van der Waals surface area contributed by atoms with Gasteiger partial charge in [-0.1, -0.05) is 0 Å². The van der Waals surface area contributed by atoms with Crippen LogP contribution in [0.5, 0.6) is 0 Å². The molecule has 1 amide bonds. The summed E-state index contributed by atoms with van der Waals surface area (Å²) in [7, 11) is 0. The molecule has 0 saturated carbocycles. The number of likely N-dealkylation sites (tertiary alicyclic amines) is 1. The van der Waals surface area contributed by atoms with Gasteiger partial charge in [-0.25, -0.2) is 9.59 Å². The lowest BCUT2D eigenvalue weighted by atomic mass is 9.95. The van der Waals surface area contributed by atoms with Gasteiger partial charge in [-0.15, -0.1) is 0 Å². The Morgan fingerprint density at radius 3 is 2.15 bits per heavy atom. The minimum absolute atomic E-state index is 0.0282. The predicted octanol–water partition coefficient (Wildman–Crippen LogP) is 1.01. The van der Waals surface area contributed by atoms with E-state index in [-0.39, 0.29) is 37.3 Å². The first-order valence-electron chi connectivity index (χ1n) is 8.40. The number of aliphatic hydroxyl groups excluding tert-OH is 1. The third-order valence-corrected chi connectivity index (χ3v) is 4.24. The average Bonchev–Trinajstić information content (AvgIpc) is 3.00. The van der Waals surface area contributed by atoms with Crippen LogP contribution < -0.4 is 0 Å². The maximum absolute atomic E-state index is 13.0. The van der Waals surface area contributed by atoms with Crippen LogP contribution in [0.1, 0.15) is 37.0 Å². The van der Waals surface area contributed by atoms with Crippen molar-refractivity contribution in [1.82, 2.24) is 4.90 Å². The first-order chi connectivity index (χ1) is 12.8. The number of aliphatic hydroxyl groups is 1. The van der Waals surface area contributed by atoms with E-state index in [2.05, 4.69) is 0 Å². The molecule has 1 N–H and O–H groups in total. The third kappa shape index (κ3) is 3.61. The highest BCUT2D eigenvalue weighted by atomic mass is 16.6. The summed E-state index contributed by atoms with van der Waals surface area (Å²) in [4.78, 5) is 49.0. The van der Waals surface area contributed by atoms with Crippen molar-refractivity contribution >= 4 is 23.5 Å². The average molecular weight is 380 g/mol. The summed E-state index contributed by atoms with van der Waals surface area (Å²) in [6.45, 7) is 3.03. The zero-order valence-electron chi connectivity index (χ0n) is 14.9. The predicted molar refractivity (Wildman–Crippen MR) is 90.5 cm³/mol. The van der Waals surface area contributed by atoms with E-state index in [1.807, 2.05) is 0 Å². The number of hydrogen-bond donors (Lipinski definition) is 1. The summed E-state index contributed by atoms with van der Waals surface area (Å²) in [5.74, 6) is -2.82. The van der Waals surface area contributed by atoms with Gasteiger partial charge in [-0.2, -0.15) is 0 Å². The molecule has 1 aliphatic rings. The van der Waals surface area contributed by atoms with Crippen LogP contribution in [0.3, 0.4) is 0 Å². The van der Waals surface area contributed by atoms with E-state index in [1.165, 1.54) is 12.1 Å². The number of rotatable bonds is 6. The van der Waals surface area contributed by atoms with Gasteiger partial charge in [-0.05, 0) is 38.8 Å². The first kappa shape index (κ1) is 20.3. The zero-order chi connectivity index (χ0) is 20.2. The molecule has 2 rings (SSSR count). The molecule has 10 nitrogen and oxygen atoms in total. The zero-order valence-corrected chi connectivity index (χ0v) is 14.9. The third-order valence-electron chi connectivity index (χ3n) is 4.24. The molecule has 1 heterocycles. The van der Waals surface area contributed by atoms with Gasteiger partial charge in [0.25, 0.3) is 11.6 Å². The van der Waals surface area contributed by atoms with E-state index in [1.54, 1.807) is 13.8 Å². The second-order valence-electron chi connectivity index (χ2n) is 5.80. The van der Waals surface area contributed by atoms with Crippen LogP contribution in [0.4, 0.5) is 5.69 Å². The van der Waals surface area contributed by atoms with Gasteiger partial charge >= 0.3 is 11.9 Å². The van der Waals surface area contributed by atoms with Crippen LogP contribution in [0.25, 0.3) is 0 Å². The van der Waals surface area contributed by atoms with Crippen molar-refractivity contribution in [3.63, 3.8) is 0 Å². The molecule has 1 atom stereocenters. The quantitative estimate of drug-likeness (QED) is 0.334. The number of hydrogen-bond acceptors (Lipinski definition) is 8. The lowest BCUT2D eigenvalue weighted by molar-refractivity contribution is -0.384. The molecule has 1 saturated heterocycles. The Morgan fingerprint density at radius 1 is 1.19 bits per heavy atom. The van der Waals surface area contributed by atoms with Crippen LogP contribution in [0.2, 0.25) is 0 Å². The lowest BCUT2D eigenvalue weighted by Gasteiger charge is -2.35. The van der Waals surface area contributed by atoms with Crippen LogP contribution in [-0.4, -0.2) is 57.8 Å². The number of carbonyl (C=O) groups is 3. The minimum atomic E-state index is -2.11. The molecule has 0 bridgehead atoms. The molecular weight excluding hydrogens is 360 g/mol. The van der Waals surface area contributed by atoms with Crippen LogP contribution in [0.15, 0.2) is 24.3 Å². The SMILES string of the molecule is CCOC(=O)C1(C(=O)OCC)CCC(O)N1C(=O)c1ccc([N+](=O)[O-])cc1. The Bertz CT molecular complexity index is 728. The molecule has 1 aliphatic heterocycles. The van der Waals surface area contributed by atoms with Crippen LogP contribution in [-0.2, 0) is 19.1 Å². The van der Waals surface area contributed by atoms with Crippen molar-refractivity contribution in [1.29, 1.82) is 0 Å². The Balaban J connectivity index is 2.47. The summed E-state index contributed by atoms with van der Waals surface area (Å²) in [5, 5.41) is 21.1. The van der Waals surface area contributed by atoms with E-state index in [9.17, 15) is 29.6 Å². The largest absolute Gasteiger partial charge is 0.464 e. The Kier molecular flexibility index (Phi) is 6.11. The monoisotopic (exact) mass is 380 g/mol. The normalized spacial score (nSPS) is 18.0. The van der Waals surface area contributed by atoms with E-state index >= 15 is 0 Å². The summed E-state index contributed by atoms with van der Waals surface area (Å²) < 4.78 is 9.96. The number of esters is 2. The molecule has 1 aromatic carbocycles. The van der Waals surface area contributed by atoms with Gasteiger partial charge in [0.1, 0.15) is 6.23 Å². The summed E-state index contributed by atoms with van der Waals surface area (Å²) in [6.07, 6.45) is -1.61. The number of amides is 1. The maximum atomic E-state index is 13.0. The number of benzene rings is 1. The first-order valence-corrected chi connectivity index (χ1v) is 8.40. The molecule has 0 radical (unpaired) electrons. The number of nitro groups is 1. The van der Waals surface area contributed by atoms with Crippen molar-refractivity contribution < 1.29 is 33.9 Å². The second kappa shape index (κ2) is 8.12. The van der Waals surface area contributed by atoms with E-state index in [4.69, 9.17) is 9.47 Å². The highest BCUT2D eigenvalue weighted by Gasteiger charge is 2.61. The molecule has 0 aromatic heterocycles. The number of carbonyl (C=O) groups excluding carboxylic acids is 3. The molecule has 27 heavy (non-hydrogen) atoms. The Morgan fingerprint density at radius 2 is 1.70 bits per heavy atom. The number of non-ortho nitro benzene ring substituents is 1.